The predicted octanol–water partition coefficient (Wildman–Crippen LogP) is 3.40. The van der Waals surface area contributed by atoms with Gasteiger partial charge in [-0.2, -0.15) is 0 Å². The van der Waals surface area contributed by atoms with E-state index in [1.165, 1.54) is 22.1 Å². The van der Waals surface area contributed by atoms with Crippen molar-refractivity contribution in [2.75, 3.05) is 32.1 Å². The molecule has 132 valence electrons. The molecule has 4 rings (SSSR count). The smallest absolute Gasteiger partial charge is 0.324 e. The first kappa shape index (κ1) is 16.2. The summed E-state index contributed by atoms with van der Waals surface area (Å²) in [7, 11) is 2.21. The number of carbonyl (C=O) groups is 1. The number of likely N-dealkylation sites (N-methyl/N-ethyl adjacent to an activating group) is 1. The fourth-order valence-corrected chi connectivity index (χ4v) is 4.26. The number of fused-ring (bicyclic) bond motifs is 2. The molecule has 2 aromatic rings. The fraction of sp³-hybridized carbons (Fsp3) is 0.450. The Morgan fingerprint density at radius 3 is 2.92 bits per heavy atom. The fourth-order valence-electron chi connectivity index (χ4n) is 4.26. The molecule has 0 radical (unpaired) electrons. The Kier molecular flexibility index (Phi) is 4.04. The molecule has 0 fully saturated rings. The number of carbonyl (C=O) groups excluding carboxylic acids is 1. The third-order valence-electron chi connectivity index (χ3n) is 5.64. The van der Waals surface area contributed by atoms with Gasteiger partial charge in [0.25, 0.3) is 0 Å². The maximum atomic E-state index is 12.5. The summed E-state index contributed by atoms with van der Waals surface area (Å²) in [5.74, 6) is 0. The molecule has 2 amide bonds. The molecule has 1 aliphatic heterocycles. The number of nitrogens with one attached hydrogen (secondary N) is 1. The van der Waals surface area contributed by atoms with E-state index in [0.717, 1.165) is 24.9 Å². The Morgan fingerprint density at radius 2 is 2.16 bits per heavy atom. The largest absolute Gasteiger partial charge is 1.00 e. The average molecular weight is 339 g/mol. The lowest BCUT2D eigenvalue weighted by molar-refractivity contribution is 0.214. The first-order valence-corrected chi connectivity index (χ1v) is 9.23. The minimum Gasteiger partial charge on any atom is -0.324 e. The van der Waals surface area contributed by atoms with E-state index >= 15 is 0 Å². The number of urea groups is 1. The van der Waals surface area contributed by atoms with Crippen LogP contribution in [0.1, 0.15) is 32.8 Å². The molecular weight excluding hydrogens is 312 g/mol. The molecule has 0 spiro atoms. The van der Waals surface area contributed by atoms with E-state index in [2.05, 4.69) is 47.8 Å². The Hall–Kier alpha value is -2.27. The molecule has 2 aliphatic rings. The van der Waals surface area contributed by atoms with Crippen LogP contribution in [-0.2, 0) is 6.42 Å². The van der Waals surface area contributed by atoms with Crippen molar-refractivity contribution < 1.29 is 6.22 Å². The van der Waals surface area contributed by atoms with E-state index in [0.29, 0.717) is 19.1 Å². The van der Waals surface area contributed by atoms with Gasteiger partial charge < -0.3 is 4.90 Å². The van der Waals surface area contributed by atoms with Crippen LogP contribution >= 0.6 is 0 Å². The van der Waals surface area contributed by atoms with Crippen LogP contribution in [0.5, 0.6) is 0 Å². The van der Waals surface area contributed by atoms with Gasteiger partial charge in [-0.1, -0.05) is 18.2 Å². The standard InChI is InChI=1S/C20H26N4O/c1-4-23(5-2)20(25)21-24-13-14-12-18-15(9-7-11-22(18)3)16-8-6-10-17(24)19(14)16/h6,8-10,13,18H,4-5,7,11-12H2,1-3H3,(H,21,25)/p+1/t18-/m1/s1. The van der Waals surface area contributed by atoms with Crippen LogP contribution in [0, 0.1) is 0 Å². The first-order valence-electron chi connectivity index (χ1n) is 9.23. The molecule has 0 saturated carbocycles. The lowest BCUT2D eigenvalue weighted by atomic mass is 9.82. The number of amides is 2. The quantitative estimate of drug-likeness (QED) is 0.931. The second-order valence-electron chi connectivity index (χ2n) is 6.96. The molecule has 1 N–H and O–H groups in total. The zero-order chi connectivity index (χ0) is 17.6. The summed E-state index contributed by atoms with van der Waals surface area (Å²) in [4.78, 5) is 16.7. The Labute approximate surface area is 150 Å². The highest BCUT2D eigenvalue weighted by Gasteiger charge is 2.31. The van der Waals surface area contributed by atoms with Gasteiger partial charge in [0.1, 0.15) is 0 Å². The highest BCUT2D eigenvalue weighted by atomic mass is 16.2. The highest BCUT2D eigenvalue weighted by molar-refractivity contribution is 5.99. The van der Waals surface area contributed by atoms with Crippen LogP contribution < -0.4 is 5.43 Å². The van der Waals surface area contributed by atoms with Crippen molar-refractivity contribution in [3.63, 3.8) is 0 Å². The molecule has 5 heteroatoms. The van der Waals surface area contributed by atoms with Crippen molar-refractivity contribution in [2.24, 2.45) is 0 Å². The van der Waals surface area contributed by atoms with Crippen LogP contribution in [0.15, 0.2) is 30.5 Å². The van der Waals surface area contributed by atoms with E-state index < -0.39 is 0 Å². The molecule has 1 aromatic heterocycles. The Morgan fingerprint density at radius 1 is 1.36 bits per heavy atom. The summed E-state index contributed by atoms with van der Waals surface area (Å²) in [6.45, 7) is 6.53. The lowest BCUT2D eigenvalue weighted by Gasteiger charge is -2.36. The zero-order valence-electron chi connectivity index (χ0n) is 16.2. The number of aromatic nitrogens is 1. The van der Waals surface area contributed by atoms with E-state index in [9.17, 15) is 4.79 Å². The molecule has 0 saturated heterocycles. The predicted molar refractivity (Wildman–Crippen MR) is 103 cm³/mol. The van der Waals surface area contributed by atoms with Gasteiger partial charge in [-0.05, 0) is 56.5 Å². The van der Waals surface area contributed by atoms with Gasteiger partial charge in [0.2, 0.25) is 0 Å². The van der Waals surface area contributed by atoms with E-state index in [1.54, 1.807) is 4.90 Å². The third-order valence-corrected chi connectivity index (χ3v) is 5.64. The number of nitrogens with zero attached hydrogens (tertiary/aromatic N) is 3. The summed E-state index contributed by atoms with van der Waals surface area (Å²) in [5, 5.41) is 1.29. The van der Waals surface area contributed by atoms with Crippen molar-refractivity contribution in [1.29, 1.82) is 0 Å². The molecule has 1 aliphatic carbocycles. The minimum atomic E-state index is -0.0492. The van der Waals surface area contributed by atoms with Gasteiger partial charge in [0.15, 0.2) is 0 Å². The lowest BCUT2D eigenvalue weighted by Crippen LogP contribution is -2.39. The Balaban J connectivity index is 0.00000196. The second kappa shape index (κ2) is 6.23. The zero-order valence-corrected chi connectivity index (χ0v) is 15.2. The summed E-state index contributed by atoms with van der Waals surface area (Å²) in [5.41, 5.74) is 8.23. The maximum absolute atomic E-state index is 12.5. The van der Waals surface area contributed by atoms with Crippen molar-refractivity contribution in [2.45, 2.75) is 32.7 Å². The van der Waals surface area contributed by atoms with E-state index in [4.69, 9.17) is 0 Å². The summed E-state index contributed by atoms with van der Waals surface area (Å²) < 4.78 is 1.91. The molecule has 2 heterocycles. The number of benzene rings is 1. The number of hydrogen-bond donors (Lipinski definition) is 1. The van der Waals surface area contributed by atoms with Crippen molar-refractivity contribution >= 4 is 22.5 Å². The summed E-state index contributed by atoms with van der Waals surface area (Å²) >= 11 is 0. The topological polar surface area (TPSA) is 40.5 Å². The van der Waals surface area contributed by atoms with Crippen molar-refractivity contribution in [3.8, 4) is 0 Å². The molecular formula is C20H27N4O+. The van der Waals surface area contributed by atoms with Gasteiger partial charge in [-0.25, -0.2) is 10.2 Å². The molecule has 0 unspecified atom stereocenters. The van der Waals surface area contributed by atoms with Crippen molar-refractivity contribution in [3.05, 3.63) is 41.6 Å². The minimum absolute atomic E-state index is 0. The highest BCUT2D eigenvalue weighted by Crippen LogP contribution is 2.40. The van der Waals surface area contributed by atoms with Crippen LogP contribution in [-0.4, -0.2) is 53.2 Å². The van der Waals surface area contributed by atoms with Crippen molar-refractivity contribution in [1.82, 2.24) is 14.5 Å². The van der Waals surface area contributed by atoms with Gasteiger partial charge in [0, 0.05) is 37.3 Å². The van der Waals surface area contributed by atoms with Gasteiger partial charge in [-0.15, -0.1) is 0 Å². The Bertz CT molecular complexity index is 853. The molecule has 1 atom stereocenters. The van der Waals surface area contributed by atoms with Gasteiger partial charge >= 0.3 is 7.46 Å². The average Bonchev–Trinajstić information content (AvgIpc) is 2.96. The number of hydrogen-bond acceptors (Lipinski definition) is 2. The van der Waals surface area contributed by atoms with Crippen LogP contribution in [0.2, 0.25) is 0 Å². The monoisotopic (exact) mass is 339 g/mol. The normalized spacial score (nSPS) is 19.5. The second-order valence-corrected chi connectivity index (χ2v) is 6.96. The summed E-state index contributed by atoms with van der Waals surface area (Å²) in [6.07, 6.45) is 6.61. The maximum Gasteiger partial charge on any atom is 1.00 e. The van der Waals surface area contributed by atoms with Gasteiger partial charge in [-0.3, -0.25) is 9.58 Å². The molecule has 1 aromatic carbocycles. The van der Waals surface area contributed by atoms with Gasteiger partial charge in [0.05, 0.1) is 5.52 Å². The van der Waals surface area contributed by atoms with Crippen LogP contribution in [0.3, 0.4) is 0 Å². The van der Waals surface area contributed by atoms with E-state index in [-0.39, 0.29) is 7.46 Å². The van der Waals surface area contributed by atoms with E-state index in [1.807, 2.05) is 18.5 Å². The SMILES string of the molecule is CCN(CC)C(=O)Nn1cc2c3c(cccc31)C1=CCCN(C)[C@@H]1C2.[H+]. The molecule has 0 bridgehead atoms. The first-order chi connectivity index (χ1) is 12.1. The van der Waals surface area contributed by atoms with Crippen LogP contribution in [0.4, 0.5) is 4.79 Å². The molecule has 5 nitrogen and oxygen atoms in total. The van der Waals surface area contributed by atoms with Crippen LogP contribution in [0.25, 0.3) is 16.5 Å². The molecule has 25 heavy (non-hydrogen) atoms. The number of rotatable bonds is 3. The summed E-state index contributed by atoms with van der Waals surface area (Å²) in [6, 6.07) is 6.81. The third kappa shape index (κ3) is 2.54.